The lowest BCUT2D eigenvalue weighted by Gasteiger charge is -2.37. The molecule has 1 aromatic carbocycles. The Kier molecular flexibility index (Phi) is 5.70. The number of rotatable bonds is 5. The highest BCUT2D eigenvalue weighted by Gasteiger charge is 2.35. The highest BCUT2D eigenvalue weighted by Crippen LogP contribution is 2.34. The van der Waals surface area contributed by atoms with Crippen LogP contribution in [0.2, 0.25) is 25.2 Å². The zero-order valence-corrected chi connectivity index (χ0v) is 17.9. The van der Waals surface area contributed by atoms with Gasteiger partial charge in [-0.05, 0) is 12.1 Å². The van der Waals surface area contributed by atoms with Crippen LogP contribution in [0.3, 0.4) is 0 Å². The van der Waals surface area contributed by atoms with Gasteiger partial charge in [0, 0.05) is 25.2 Å². The van der Waals surface area contributed by atoms with Crippen LogP contribution in [-0.4, -0.2) is 61.2 Å². The van der Waals surface area contributed by atoms with E-state index in [1.54, 1.807) is 4.90 Å². The van der Waals surface area contributed by atoms with Gasteiger partial charge in [-0.15, -0.1) is 0 Å². The third-order valence-electron chi connectivity index (χ3n) is 5.09. The fraction of sp³-hybridized carbons (Fsp3) is 0.588. The van der Waals surface area contributed by atoms with E-state index in [-0.39, 0.29) is 24.5 Å². The van der Waals surface area contributed by atoms with Crippen molar-refractivity contribution in [2.24, 2.45) is 0 Å². The van der Waals surface area contributed by atoms with E-state index in [0.29, 0.717) is 13.1 Å². The Hall–Kier alpha value is -1.72. The second-order valence-electron chi connectivity index (χ2n) is 8.01. The lowest BCUT2D eigenvalue weighted by atomic mass is 10.2. The fourth-order valence-corrected chi connectivity index (χ4v) is 5.76. The summed E-state index contributed by atoms with van der Waals surface area (Å²) in [6.45, 7) is 5.35. The van der Waals surface area contributed by atoms with Gasteiger partial charge in [-0.1, -0.05) is 13.1 Å². The van der Waals surface area contributed by atoms with Crippen molar-refractivity contribution < 1.29 is 30.9 Å². The van der Waals surface area contributed by atoms with Gasteiger partial charge in [0.1, 0.15) is 18.4 Å². The molecule has 11 heteroatoms. The zero-order chi connectivity index (χ0) is 20.7. The van der Waals surface area contributed by atoms with Crippen molar-refractivity contribution in [1.82, 2.24) is 0 Å². The minimum Gasteiger partial charge on any atom is -0.441 e. The van der Waals surface area contributed by atoms with Crippen LogP contribution in [0.15, 0.2) is 12.1 Å². The lowest BCUT2D eigenvalue weighted by molar-refractivity contribution is 0.107. The number of carbonyl (C=O) groups excluding carboxylic acids is 1. The summed E-state index contributed by atoms with van der Waals surface area (Å²) in [6.07, 6.45) is -0.767. The maximum atomic E-state index is 14.7. The van der Waals surface area contributed by atoms with Crippen molar-refractivity contribution in [3.8, 4) is 0 Å². The molecule has 2 fully saturated rings. The third-order valence-corrected chi connectivity index (χ3v) is 8.81. The first-order chi connectivity index (χ1) is 13.0. The van der Waals surface area contributed by atoms with E-state index in [0.717, 1.165) is 35.4 Å². The molecule has 1 amide bonds. The molecule has 1 atom stereocenters. The number of amides is 1. The molecule has 0 bridgehead atoms. The average Bonchev–Trinajstić information content (AvgIpc) is 2.94. The van der Waals surface area contributed by atoms with Crippen molar-refractivity contribution in [2.45, 2.75) is 31.3 Å². The minimum absolute atomic E-state index is 0.0253. The summed E-state index contributed by atoms with van der Waals surface area (Å²) < 4.78 is 61.2. The van der Waals surface area contributed by atoms with E-state index in [4.69, 9.17) is 4.74 Å². The zero-order valence-electron chi connectivity index (χ0n) is 16.1. The Morgan fingerprint density at radius 3 is 2.32 bits per heavy atom. The predicted octanol–water partition coefficient (Wildman–Crippen LogP) is 2.79. The number of hydrogen-bond acceptors (Lipinski definition) is 6. The summed E-state index contributed by atoms with van der Waals surface area (Å²) in [5.41, 5.74) is -0.0462. The van der Waals surface area contributed by atoms with Gasteiger partial charge in [-0.2, -0.15) is 8.42 Å². The summed E-state index contributed by atoms with van der Waals surface area (Å²) in [6, 6.07) is 4.15. The summed E-state index contributed by atoms with van der Waals surface area (Å²) in [5, 5.41) is 0. The van der Waals surface area contributed by atoms with E-state index in [2.05, 4.69) is 17.3 Å². The molecule has 0 spiro atoms. The number of hydrogen-bond donors (Lipinski definition) is 0. The SMILES string of the molecule is C[Si]1(C)CCN(c2c(F)cc(N3CC(COS(C)(=O)=O)OC3=O)cc2F)CC1. The number of halogens is 2. The van der Waals surface area contributed by atoms with Crippen LogP contribution in [0.1, 0.15) is 0 Å². The molecule has 0 N–H and O–H groups in total. The minimum atomic E-state index is -3.68. The van der Waals surface area contributed by atoms with Gasteiger partial charge >= 0.3 is 6.09 Å². The molecule has 0 aromatic heterocycles. The van der Waals surface area contributed by atoms with Crippen LogP contribution < -0.4 is 9.80 Å². The topological polar surface area (TPSA) is 76.2 Å². The lowest BCUT2D eigenvalue weighted by Crippen LogP contribution is -2.43. The van der Waals surface area contributed by atoms with Gasteiger partial charge in [0.25, 0.3) is 10.1 Å². The van der Waals surface area contributed by atoms with Crippen molar-refractivity contribution in [3.63, 3.8) is 0 Å². The quantitative estimate of drug-likeness (QED) is 0.524. The molecule has 2 saturated heterocycles. The van der Waals surface area contributed by atoms with E-state index >= 15 is 0 Å². The summed E-state index contributed by atoms with van der Waals surface area (Å²) >= 11 is 0. The number of ether oxygens (including phenoxy) is 1. The molecule has 3 rings (SSSR count). The molecule has 0 saturated carbocycles. The van der Waals surface area contributed by atoms with Gasteiger partial charge in [0.15, 0.2) is 11.6 Å². The van der Waals surface area contributed by atoms with E-state index in [1.165, 1.54) is 0 Å². The first-order valence-corrected chi connectivity index (χ1v) is 14.2. The third kappa shape index (κ3) is 4.81. The molecule has 0 radical (unpaired) electrons. The summed E-state index contributed by atoms with van der Waals surface area (Å²) in [7, 11) is -4.96. The molecule has 1 unspecified atom stereocenters. The molecule has 2 aliphatic rings. The molecule has 0 aliphatic carbocycles. The Bertz CT molecular complexity index is 847. The largest absolute Gasteiger partial charge is 0.441 e. The van der Waals surface area contributed by atoms with Crippen LogP contribution in [0.4, 0.5) is 25.0 Å². The maximum absolute atomic E-state index is 14.7. The van der Waals surface area contributed by atoms with Crippen LogP contribution in [-0.2, 0) is 19.0 Å². The Morgan fingerprint density at radius 2 is 1.79 bits per heavy atom. The van der Waals surface area contributed by atoms with Crippen molar-refractivity contribution in [3.05, 3.63) is 23.8 Å². The number of nitrogens with zero attached hydrogens (tertiary/aromatic N) is 2. The standard InChI is InChI=1S/C17H24F2N2O5SSi/c1-27(23,24)25-11-13-10-21(17(22)26-13)12-8-14(18)16(15(19)9-12)20-4-6-28(2,3)7-5-20/h8-9,13H,4-7,10-11H2,1-3H3. The van der Waals surface area contributed by atoms with Crippen LogP contribution in [0.5, 0.6) is 0 Å². The van der Waals surface area contributed by atoms with Gasteiger partial charge in [0.05, 0.1) is 26.6 Å². The maximum Gasteiger partial charge on any atom is 0.414 e. The van der Waals surface area contributed by atoms with E-state index in [9.17, 15) is 22.0 Å². The van der Waals surface area contributed by atoms with Crippen molar-refractivity contribution >= 4 is 35.7 Å². The number of benzene rings is 1. The van der Waals surface area contributed by atoms with Gasteiger partial charge in [-0.3, -0.25) is 9.08 Å². The summed E-state index contributed by atoms with van der Waals surface area (Å²) in [5.74, 6) is -1.47. The molecule has 2 aliphatic heterocycles. The molecule has 1 aromatic rings. The highest BCUT2D eigenvalue weighted by molar-refractivity contribution is 7.85. The van der Waals surface area contributed by atoms with Crippen LogP contribution in [0, 0.1) is 11.6 Å². The molecule has 28 heavy (non-hydrogen) atoms. The monoisotopic (exact) mass is 434 g/mol. The van der Waals surface area contributed by atoms with E-state index < -0.39 is 42.0 Å². The molecule has 7 nitrogen and oxygen atoms in total. The predicted molar refractivity (Wildman–Crippen MR) is 104 cm³/mol. The fourth-order valence-electron chi connectivity index (χ4n) is 3.36. The van der Waals surface area contributed by atoms with Crippen LogP contribution >= 0.6 is 0 Å². The Morgan fingerprint density at radius 1 is 1.21 bits per heavy atom. The summed E-state index contributed by atoms with van der Waals surface area (Å²) in [4.78, 5) is 14.8. The normalized spacial score (nSPS) is 22.5. The first-order valence-electron chi connectivity index (χ1n) is 9.02. The average molecular weight is 435 g/mol. The molecule has 156 valence electrons. The second-order valence-corrected chi connectivity index (χ2v) is 15.0. The Balaban J connectivity index is 1.74. The van der Waals surface area contributed by atoms with Crippen molar-refractivity contribution in [2.75, 3.05) is 42.3 Å². The number of anilines is 2. The highest BCUT2D eigenvalue weighted by atomic mass is 32.2. The molecule has 2 heterocycles. The second kappa shape index (κ2) is 7.60. The number of cyclic esters (lactones) is 1. The van der Waals surface area contributed by atoms with Crippen molar-refractivity contribution in [1.29, 1.82) is 0 Å². The van der Waals surface area contributed by atoms with Crippen LogP contribution in [0.25, 0.3) is 0 Å². The van der Waals surface area contributed by atoms with Gasteiger partial charge in [0.2, 0.25) is 0 Å². The van der Waals surface area contributed by atoms with Gasteiger partial charge in [-0.25, -0.2) is 13.6 Å². The van der Waals surface area contributed by atoms with E-state index in [1.807, 2.05) is 0 Å². The number of carbonyl (C=O) groups is 1. The smallest absolute Gasteiger partial charge is 0.414 e. The first kappa shape index (κ1) is 21.0. The van der Waals surface area contributed by atoms with Gasteiger partial charge < -0.3 is 9.64 Å². The molecular weight excluding hydrogens is 410 g/mol. The Labute approximate surface area is 164 Å². The molecular formula is C17H24F2N2O5SSi.